The van der Waals surface area contributed by atoms with Gasteiger partial charge in [0.1, 0.15) is 5.60 Å². The van der Waals surface area contributed by atoms with Crippen LogP contribution in [0, 0.1) is 0 Å². The quantitative estimate of drug-likeness (QED) is 0.466. The first-order chi connectivity index (χ1) is 16.9. The third kappa shape index (κ3) is 3.61. The van der Waals surface area contributed by atoms with E-state index in [0.29, 0.717) is 34.1 Å². The lowest BCUT2D eigenvalue weighted by atomic mass is 9.80. The standard InChI is InChI=1S/C24H25BrN4O6S/c1-23(2,3)35-22(31)27-11-10-24(14-27)19-17(29(34-4)21(24)30)12-26-20-18(19)16(25)13-28(20)36(32,33)15-8-6-5-7-9-15/h5-9,12-13H,10-11,14H2,1-4H3. The molecule has 2 aliphatic heterocycles. The Balaban J connectivity index is 1.68. The molecule has 0 bridgehead atoms. The number of hydroxylamine groups is 1. The Morgan fingerprint density at radius 2 is 1.89 bits per heavy atom. The topological polar surface area (TPSA) is 111 Å². The summed E-state index contributed by atoms with van der Waals surface area (Å²) in [5.41, 5.74) is -0.679. The summed E-state index contributed by atoms with van der Waals surface area (Å²) in [6, 6.07) is 8.05. The normalized spacial score (nSPS) is 20.0. The third-order valence-electron chi connectivity index (χ3n) is 6.41. The van der Waals surface area contributed by atoms with E-state index in [9.17, 15) is 18.0 Å². The molecule has 2 amide bonds. The monoisotopic (exact) mass is 576 g/mol. The van der Waals surface area contributed by atoms with E-state index in [1.807, 2.05) is 0 Å². The molecular formula is C24H25BrN4O6S. The highest BCUT2D eigenvalue weighted by atomic mass is 79.9. The average Bonchev–Trinajstić information content (AvgIpc) is 3.48. The van der Waals surface area contributed by atoms with Crippen LogP contribution in [0.1, 0.15) is 32.8 Å². The van der Waals surface area contributed by atoms with Crippen molar-refractivity contribution in [3.63, 3.8) is 0 Å². The summed E-state index contributed by atoms with van der Waals surface area (Å²) in [7, 11) is -2.58. The number of fused-ring (bicyclic) bond motifs is 4. The summed E-state index contributed by atoms with van der Waals surface area (Å²) in [5.74, 6) is -0.342. The van der Waals surface area contributed by atoms with Gasteiger partial charge in [0.2, 0.25) is 0 Å². The zero-order valence-corrected chi connectivity index (χ0v) is 22.6. The second-order valence-electron chi connectivity index (χ2n) is 9.82. The van der Waals surface area contributed by atoms with Crippen LogP contribution in [-0.2, 0) is 29.8 Å². The summed E-state index contributed by atoms with van der Waals surface area (Å²) in [6.07, 6.45) is 2.68. The number of amides is 2. The van der Waals surface area contributed by atoms with Gasteiger partial charge in [0.25, 0.3) is 15.9 Å². The van der Waals surface area contributed by atoms with Gasteiger partial charge in [-0.3, -0.25) is 9.63 Å². The van der Waals surface area contributed by atoms with E-state index < -0.39 is 27.1 Å². The van der Waals surface area contributed by atoms with Crippen LogP contribution in [-0.4, -0.2) is 60.1 Å². The second kappa shape index (κ2) is 8.29. The van der Waals surface area contributed by atoms with Gasteiger partial charge in [-0.25, -0.2) is 22.2 Å². The van der Waals surface area contributed by atoms with Gasteiger partial charge in [-0.2, -0.15) is 5.06 Å². The highest BCUT2D eigenvalue weighted by molar-refractivity contribution is 9.10. The van der Waals surface area contributed by atoms with Crippen LogP contribution >= 0.6 is 15.9 Å². The molecule has 2 aromatic heterocycles. The van der Waals surface area contributed by atoms with E-state index in [4.69, 9.17) is 9.57 Å². The van der Waals surface area contributed by atoms with Crippen molar-refractivity contribution >= 4 is 54.7 Å². The van der Waals surface area contributed by atoms with E-state index in [0.717, 1.165) is 9.04 Å². The van der Waals surface area contributed by atoms with Crippen molar-refractivity contribution in [3.8, 4) is 0 Å². The molecule has 1 fully saturated rings. The molecule has 1 saturated heterocycles. The molecule has 0 saturated carbocycles. The molecule has 0 N–H and O–H groups in total. The lowest BCUT2D eigenvalue weighted by molar-refractivity contribution is -0.128. The van der Waals surface area contributed by atoms with Crippen LogP contribution in [0.3, 0.4) is 0 Å². The summed E-state index contributed by atoms with van der Waals surface area (Å²) in [6.45, 7) is 5.70. The van der Waals surface area contributed by atoms with Gasteiger partial charge in [-0.15, -0.1) is 0 Å². The first kappa shape index (κ1) is 24.7. The first-order valence-electron chi connectivity index (χ1n) is 11.3. The molecule has 5 rings (SSSR count). The maximum Gasteiger partial charge on any atom is 0.410 e. The Kier molecular flexibility index (Phi) is 5.69. The van der Waals surface area contributed by atoms with Crippen LogP contribution < -0.4 is 5.06 Å². The molecule has 4 heterocycles. The first-order valence-corrected chi connectivity index (χ1v) is 13.5. The van der Waals surface area contributed by atoms with Crippen molar-refractivity contribution in [1.82, 2.24) is 13.9 Å². The number of nitrogens with zero attached hydrogens (tertiary/aromatic N) is 4. The maximum atomic E-state index is 13.7. The van der Waals surface area contributed by atoms with Gasteiger partial charge in [0.05, 0.1) is 29.3 Å². The molecular weight excluding hydrogens is 552 g/mol. The van der Waals surface area contributed by atoms with Crippen molar-refractivity contribution in [3.05, 3.63) is 52.8 Å². The number of aromatic nitrogens is 2. The highest BCUT2D eigenvalue weighted by Crippen LogP contribution is 2.51. The molecule has 0 radical (unpaired) electrons. The Hall–Kier alpha value is -2.96. The summed E-state index contributed by atoms with van der Waals surface area (Å²) < 4.78 is 34.0. The van der Waals surface area contributed by atoms with Crippen molar-refractivity contribution in [1.29, 1.82) is 0 Å². The number of halogens is 1. The number of ether oxygens (including phenoxy) is 1. The third-order valence-corrected chi connectivity index (χ3v) is 8.68. The lowest BCUT2D eigenvalue weighted by Crippen LogP contribution is -2.43. The zero-order chi connectivity index (χ0) is 26.0. The number of hydrogen-bond acceptors (Lipinski definition) is 7. The maximum absolute atomic E-state index is 13.7. The SMILES string of the molecule is CON1C(=O)C2(CCN(C(=O)OC(C)(C)C)C2)c2c1cnc1c2c(Br)cn1S(=O)(=O)c1ccccc1. The number of carbonyl (C=O) groups excluding carboxylic acids is 2. The van der Waals surface area contributed by atoms with Crippen LogP contribution in [0.4, 0.5) is 10.5 Å². The van der Waals surface area contributed by atoms with Gasteiger partial charge >= 0.3 is 6.09 Å². The van der Waals surface area contributed by atoms with Crippen LogP contribution in [0.15, 0.2) is 52.1 Å². The number of pyridine rings is 1. The summed E-state index contributed by atoms with van der Waals surface area (Å²) in [4.78, 5) is 38.0. The number of rotatable bonds is 3. The minimum atomic E-state index is -3.96. The molecule has 1 aromatic carbocycles. The predicted octanol–water partition coefficient (Wildman–Crippen LogP) is 3.82. The molecule has 1 atom stereocenters. The van der Waals surface area contributed by atoms with Gasteiger partial charge in [0, 0.05) is 34.7 Å². The number of hydrogen-bond donors (Lipinski definition) is 0. The van der Waals surface area contributed by atoms with Crippen LogP contribution in [0.5, 0.6) is 0 Å². The van der Waals surface area contributed by atoms with Gasteiger partial charge in [-0.1, -0.05) is 18.2 Å². The molecule has 3 aromatic rings. The molecule has 0 aliphatic carbocycles. The van der Waals surface area contributed by atoms with Crippen molar-refractivity contribution < 1.29 is 27.6 Å². The number of benzene rings is 1. The van der Waals surface area contributed by atoms with E-state index in [-0.39, 0.29) is 23.0 Å². The molecule has 1 unspecified atom stereocenters. The Bertz CT molecular complexity index is 1500. The average molecular weight is 577 g/mol. The fourth-order valence-corrected chi connectivity index (χ4v) is 6.96. The molecule has 10 nitrogen and oxygen atoms in total. The number of carbonyl (C=O) groups is 2. The zero-order valence-electron chi connectivity index (χ0n) is 20.2. The fraction of sp³-hybridized carbons (Fsp3) is 0.375. The van der Waals surface area contributed by atoms with E-state index >= 15 is 0 Å². The molecule has 1 spiro atoms. The van der Waals surface area contributed by atoms with E-state index in [1.54, 1.807) is 39.0 Å². The largest absolute Gasteiger partial charge is 0.444 e. The number of anilines is 1. The van der Waals surface area contributed by atoms with E-state index in [2.05, 4.69) is 20.9 Å². The molecule has 2 aliphatic rings. The van der Waals surface area contributed by atoms with Gasteiger partial charge < -0.3 is 9.64 Å². The minimum absolute atomic E-state index is 0.0653. The Morgan fingerprint density at radius 1 is 1.19 bits per heavy atom. The fourth-order valence-electron chi connectivity index (χ4n) is 4.90. The van der Waals surface area contributed by atoms with Crippen molar-refractivity contribution in [2.24, 2.45) is 0 Å². The Labute approximate surface area is 216 Å². The van der Waals surface area contributed by atoms with E-state index in [1.165, 1.54) is 36.5 Å². The van der Waals surface area contributed by atoms with Crippen molar-refractivity contribution in [2.75, 3.05) is 25.3 Å². The molecule has 190 valence electrons. The summed E-state index contributed by atoms with van der Waals surface area (Å²) in [5, 5.41) is 1.64. The van der Waals surface area contributed by atoms with Gasteiger partial charge in [-0.05, 0) is 55.3 Å². The lowest BCUT2D eigenvalue weighted by Gasteiger charge is -2.26. The predicted molar refractivity (Wildman–Crippen MR) is 135 cm³/mol. The van der Waals surface area contributed by atoms with Crippen LogP contribution in [0.25, 0.3) is 11.0 Å². The molecule has 36 heavy (non-hydrogen) atoms. The summed E-state index contributed by atoms with van der Waals surface area (Å²) >= 11 is 3.51. The van der Waals surface area contributed by atoms with Gasteiger partial charge in [0.15, 0.2) is 5.65 Å². The van der Waals surface area contributed by atoms with Crippen molar-refractivity contribution in [2.45, 2.75) is 43.1 Å². The molecule has 12 heteroatoms. The highest BCUT2D eigenvalue weighted by Gasteiger charge is 2.58. The minimum Gasteiger partial charge on any atom is -0.444 e. The Morgan fingerprint density at radius 3 is 2.53 bits per heavy atom. The number of likely N-dealkylation sites (tertiary alicyclic amines) is 1. The smallest absolute Gasteiger partial charge is 0.410 e. The second-order valence-corrected chi connectivity index (χ2v) is 12.5. The van der Waals surface area contributed by atoms with Crippen LogP contribution in [0.2, 0.25) is 0 Å².